The van der Waals surface area contributed by atoms with E-state index in [0.717, 1.165) is 32.2 Å². The molecule has 1 aromatic rings. The van der Waals surface area contributed by atoms with Crippen molar-refractivity contribution in [2.45, 2.75) is 31.2 Å². The van der Waals surface area contributed by atoms with Gasteiger partial charge in [-0.25, -0.2) is 0 Å². The molecular weight excluding hydrogens is 202 g/mol. The minimum Gasteiger partial charge on any atom is -0.480 e. The van der Waals surface area contributed by atoms with Crippen molar-refractivity contribution >= 4 is 5.97 Å². The Bertz CT molecular complexity index is 357. The van der Waals surface area contributed by atoms with Crippen LogP contribution < -0.4 is 5.32 Å². The van der Waals surface area contributed by atoms with Crippen molar-refractivity contribution in [1.82, 2.24) is 5.32 Å². The van der Waals surface area contributed by atoms with E-state index >= 15 is 0 Å². The van der Waals surface area contributed by atoms with Crippen LogP contribution in [0.3, 0.4) is 0 Å². The minimum absolute atomic E-state index is 0.630. The summed E-state index contributed by atoms with van der Waals surface area (Å²) in [5.74, 6) is -0.702. The average molecular weight is 219 g/mol. The first kappa shape index (κ1) is 11.1. The van der Waals surface area contributed by atoms with Gasteiger partial charge >= 0.3 is 5.97 Å². The molecule has 3 nitrogen and oxygen atoms in total. The first-order chi connectivity index (χ1) is 7.73. The van der Waals surface area contributed by atoms with Crippen LogP contribution in [-0.4, -0.2) is 23.2 Å². The molecule has 1 saturated carbocycles. The van der Waals surface area contributed by atoms with Gasteiger partial charge in [-0.2, -0.15) is 0 Å². The normalized spacial score (nSPS) is 17.8. The Balaban J connectivity index is 1.82. The van der Waals surface area contributed by atoms with Gasteiger partial charge in [0, 0.05) is 6.54 Å². The predicted molar refractivity (Wildman–Crippen MR) is 62.4 cm³/mol. The molecule has 3 heteroatoms. The molecule has 0 bridgehead atoms. The van der Waals surface area contributed by atoms with Crippen LogP contribution in [0.4, 0.5) is 0 Å². The van der Waals surface area contributed by atoms with E-state index < -0.39 is 11.5 Å². The summed E-state index contributed by atoms with van der Waals surface area (Å²) in [6.45, 7) is 0.732. The summed E-state index contributed by atoms with van der Waals surface area (Å²) >= 11 is 0. The molecule has 1 aliphatic rings. The Morgan fingerprint density at radius 2 is 2.00 bits per heavy atom. The zero-order chi connectivity index (χ0) is 11.4. The highest BCUT2D eigenvalue weighted by molar-refractivity contribution is 5.79. The number of nitrogens with one attached hydrogen (secondary N) is 1. The number of aliphatic carboxylic acids is 1. The first-order valence-electron chi connectivity index (χ1n) is 5.75. The van der Waals surface area contributed by atoms with E-state index in [1.165, 1.54) is 5.56 Å². The Labute approximate surface area is 95.5 Å². The van der Waals surface area contributed by atoms with E-state index in [1.54, 1.807) is 0 Å². The van der Waals surface area contributed by atoms with Crippen LogP contribution in [0.2, 0.25) is 0 Å². The van der Waals surface area contributed by atoms with Gasteiger partial charge in [0.05, 0.1) is 0 Å². The van der Waals surface area contributed by atoms with Crippen LogP contribution >= 0.6 is 0 Å². The molecule has 0 spiro atoms. The van der Waals surface area contributed by atoms with Crippen molar-refractivity contribution in [2.24, 2.45) is 0 Å². The molecule has 0 heterocycles. The lowest BCUT2D eigenvalue weighted by Crippen LogP contribution is -2.57. The van der Waals surface area contributed by atoms with E-state index in [2.05, 4.69) is 17.4 Å². The predicted octanol–water partition coefficient (Wildman–Crippen LogP) is 1.83. The maximum Gasteiger partial charge on any atom is 0.323 e. The molecule has 0 amide bonds. The van der Waals surface area contributed by atoms with Gasteiger partial charge in [0.15, 0.2) is 0 Å². The maximum atomic E-state index is 11.1. The molecular formula is C13H17NO2. The van der Waals surface area contributed by atoms with Crippen molar-refractivity contribution in [3.05, 3.63) is 35.9 Å². The fourth-order valence-corrected chi connectivity index (χ4v) is 2.09. The van der Waals surface area contributed by atoms with E-state index in [4.69, 9.17) is 5.11 Å². The van der Waals surface area contributed by atoms with Gasteiger partial charge in [0.25, 0.3) is 0 Å². The molecule has 0 aliphatic heterocycles. The van der Waals surface area contributed by atoms with Crippen LogP contribution in [0.25, 0.3) is 0 Å². The largest absolute Gasteiger partial charge is 0.480 e. The SMILES string of the molecule is O=C(O)C1(NCCc2ccccc2)CCC1. The highest BCUT2D eigenvalue weighted by Crippen LogP contribution is 2.31. The van der Waals surface area contributed by atoms with Gasteiger partial charge in [0.2, 0.25) is 0 Å². The molecule has 0 saturated heterocycles. The van der Waals surface area contributed by atoms with Crippen molar-refractivity contribution < 1.29 is 9.90 Å². The van der Waals surface area contributed by atoms with Crippen LogP contribution in [0, 0.1) is 0 Å². The third kappa shape index (κ3) is 2.25. The number of hydrogen-bond donors (Lipinski definition) is 2. The second kappa shape index (κ2) is 4.66. The fraction of sp³-hybridized carbons (Fsp3) is 0.462. The van der Waals surface area contributed by atoms with E-state index in [9.17, 15) is 4.79 Å². The van der Waals surface area contributed by atoms with Gasteiger partial charge in [-0.1, -0.05) is 30.3 Å². The lowest BCUT2D eigenvalue weighted by atomic mass is 9.76. The molecule has 1 fully saturated rings. The van der Waals surface area contributed by atoms with Gasteiger partial charge in [-0.05, 0) is 31.2 Å². The molecule has 0 radical (unpaired) electrons. The van der Waals surface area contributed by atoms with Gasteiger partial charge in [0.1, 0.15) is 5.54 Å². The number of carbonyl (C=O) groups is 1. The fourth-order valence-electron chi connectivity index (χ4n) is 2.09. The topological polar surface area (TPSA) is 49.3 Å². The Morgan fingerprint density at radius 1 is 1.31 bits per heavy atom. The molecule has 16 heavy (non-hydrogen) atoms. The number of carboxylic acid groups (broad SMARTS) is 1. The lowest BCUT2D eigenvalue weighted by molar-refractivity contribution is -0.148. The monoisotopic (exact) mass is 219 g/mol. The molecule has 0 aromatic heterocycles. The number of rotatable bonds is 5. The second-order valence-electron chi connectivity index (χ2n) is 4.40. The van der Waals surface area contributed by atoms with Crippen molar-refractivity contribution in [3.8, 4) is 0 Å². The van der Waals surface area contributed by atoms with Crippen LogP contribution in [0.15, 0.2) is 30.3 Å². The second-order valence-corrected chi connectivity index (χ2v) is 4.40. The first-order valence-corrected chi connectivity index (χ1v) is 5.75. The number of carboxylic acids is 1. The highest BCUT2D eigenvalue weighted by Gasteiger charge is 2.43. The summed E-state index contributed by atoms with van der Waals surface area (Å²) in [7, 11) is 0. The quantitative estimate of drug-likeness (QED) is 0.794. The Kier molecular flexibility index (Phi) is 3.25. The zero-order valence-electron chi connectivity index (χ0n) is 9.28. The number of hydrogen-bond acceptors (Lipinski definition) is 2. The molecule has 0 atom stereocenters. The highest BCUT2D eigenvalue weighted by atomic mass is 16.4. The van der Waals surface area contributed by atoms with Gasteiger partial charge < -0.3 is 10.4 Å². The van der Waals surface area contributed by atoms with Gasteiger partial charge in [-0.15, -0.1) is 0 Å². The van der Waals surface area contributed by atoms with Crippen LogP contribution in [0.1, 0.15) is 24.8 Å². The Morgan fingerprint density at radius 3 is 2.50 bits per heavy atom. The van der Waals surface area contributed by atoms with Gasteiger partial charge in [-0.3, -0.25) is 4.79 Å². The average Bonchev–Trinajstić information content (AvgIpc) is 2.23. The zero-order valence-corrected chi connectivity index (χ0v) is 9.28. The minimum atomic E-state index is -0.702. The summed E-state index contributed by atoms with van der Waals surface area (Å²) in [5.41, 5.74) is 0.615. The van der Waals surface area contributed by atoms with E-state index in [0.29, 0.717) is 0 Å². The van der Waals surface area contributed by atoms with Crippen molar-refractivity contribution in [2.75, 3.05) is 6.54 Å². The lowest BCUT2D eigenvalue weighted by Gasteiger charge is -2.38. The molecule has 2 rings (SSSR count). The molecule has 0 unspecified atom stereocenters. The molecule has 1 aromatic carbocycles. The van der Waals surface area contributed by atoms with Crippen LogP contribution in [-0.2, 0) is 11.2 Å². The standard InChI is InChI=1S/C13H17NO2/c15-12(16)13(8-4-9-13)14-10-7-11-5-2-1-3-6-11/h1-3,5-6,14H,4,7-10H2,(H,15,16). The van der Waals surface area contributed by atoms with Crippen molar-refractivity contribution in [1.29, 1.82) is 0 Å². The summed E-state index contributed by atoms with van der Waals surface area (Å²) < 4.78 is 0. The van der Waals surface area contributed by atoms with Crippen LogP contribution in [0.5, 0.6) is 0 Å². The molecule has 2 N–H and O–H groups in total. The molecule has 86 valence electrons. The van der Waals surface area contributed by atoms with E-state index in [-0.39, 0.29) is 0 Å². The summed E-state index contributed by atoms with van der Waals surface area (Å²) in [5, 5.41) is 12.3. The summed E-state index contributed by atoms with van der Waals surface area (Å²) in [6, 6.07) is 10.1. The summed E-state index contributed by atoms with van der Waals surface area (Å²) in [6.07, 6.45) is 3.43. The third-order valence-electron chi connectivity index (χ3n) is 3.34. The Hall–Kier alpha value is -1.35. The number of benzene rings is 1. The van der Waals surface area contributed by atoms with Crippen molar-refractivity contribution in [3.63, 3.8) is 0 Å². The maximum absolute atomic E-state index is 11.1. The smallest absolute Gasteiger partial charge is 0.323 e. The third-order valence-corrected chi connectivity index (χ3v) is 3.34. The van der Waals surface area contributed by atoms with E-state index in [1.807, 2.05) is 18.2 Å². The molecule has 1 aliphatic carbocycles. The summed E-state index contributed by atoms with van der Waals surface area (Å²) in [4.78, 5) is 11.1.